The lowest BCUT2D eigenvalue weighted by Crippen LogP contribution is -2.61. The summed E-state index contributed by atoms with van der Waals surface area (Å²) in [6, 6.07) is 1.24. The first-order valence-corrected chi connectivity index (χ1v) is 3.74. The number of nitriles is 1. The SMILES string of the molecule is CN(C)/C=C(\C#N)[C@@](O)(NN)C(F)(F)F. The molecule has 5 nitrogen and oxygen atoms in total. The van der Waals surface area contributed by atoms with Crippen molar-refractivity contribution in [2.24, 2.45) is 5.84 Å². The van der Waals surface area contributed by atoms with Gasteiger partial charge in [0, 0.05) is 20.3 Å². The molecule has 0 spiro atoms. The number of nitrogens with one attached hydrogen (secondary N) is 1. The van der Waals surface area contributed by atoms with Gasteiger partial charge >= 0.3 is 6.18 Å². The third kappa shape index (κ3) is 2.82. The van der Waals surface area contributed by atoms with Gasteiger partial charge in [-0.15, -0.1) is 0 Å². The van der Waals surface area contributed by atoms with Gasteiger partial charge in [-0.05, 0) is 0 Å². The molecule has 0 heterocycles. The molecule has 0 rings (SSSR count). The third-order valence-electron chi connectivity index (χ3n) is 1.52. The summed E-state index contributed by atoms with van der Waals surface area (Å²) < 4.78 is 37.2. The van der Waals surface area contributed by atoms with Crippen LogP contribution in [0, 0.1) is 11.3 Å². The molecular weight excluding hydrogens is 213 g/mol. The van der Waals surface area contributed by atoms with Crippen molar-refractivity contribution < 1.29 is 18.3 Å². The number of rotatable bonds is 3. The van der Waals surface area contributed by atoms with E-state index in [0.29, 0.717) is 0 Å². The second-order valence-corrected chi connectivity index (χ2v) is 2.97. The summed E-state index contributed by atoms with van der Waals surface area (Å²) in [5.41, 5.74) is -3.29. The third-order valence-corrected chi connectivity index (χ3v) is 1.52. The fourth-order valence-corrected chi connectivity index (χ4v) is 0.774. The van der Waals surface area contributed by atoms with Crippen LogP contribution in [-0.4, -0.2) is 36.0 Å². The molecule has 0 fully saturated rings. The van der Waals surface area contributed by atoms with E-state index in [2.05, 4.69) is 5.84 Å². The van der Waals surface area contributed by atoms with Gasteiger partial charge in [0.05, 0.1) is 0 Å². The highest BCUT2D eigenvalue weighted by molar-refractivity contribution is 5.31. The maximum Gasteiger partial charge on any atom is 0.437 e. The molecule has 15 heavy (non-hydrogen) atoms. The molecule has 0 unspecified atom stereocenters. The molecule has 0 aliphatic rings. The van der Waals surface area contributed by atoms with Gasteiger partial charge in [0.2, 0.25) is 0 Å². The summed E-state index contributed by atoms with van der Waals surface area (Å²) in [7, 11) is 2.81. The van der Waals surface area contributed by atoms with Gasteiger partial charge in [-0.3, -0.25) is 5.84 Å². The van der Waals surface area contributed by atoms with Crippen LogP contribution >= 0.6 is 0 Å². The number of hydrazine groups is 1. The van der Waals surface area contributed by atoms with Crippen LogP contribution in [0.15, 0.2) is 11.8 Å². The Hall–Kier alpha value is -1.30. The Labute approximate surface area is 84.5 Å². The maximum absolute atomic E-state index is 12.4. The molecule has 0 amide bonds. The van der Waals surface area contributed by atoms with E-state index in [1.165, 1.54) is 30.5 Å². The monoisotopic (exact) mass is 224 g/mol. The number of nitrogens with two attached hydrogens (primary N) is 1. The fraction of sp³-hybridized carbons (Fsp3) is 0.571. The summed E-state index contributed by atoms with van der Waals surface area (Å²) in [4.78, 5) is 1.19. The van der Waals surface area contributed by atoms with Gasteiger partial charge < -0.3 is 10.0 Å². The summed E-state index contributed by atoms with van der Waals surface area (Å²) >= 11 is 0. The lowest BCUT2D eigenvalue weighted by molar-refractivity contribution is -0.255. The number of hydrogen-bond acceptors (Lipinski definition) is 5. The number of halogens is 3. The van der Waals surface area contributed by atoms with E-state index in [4.69, 9.17) is 5.26 Å². The predicted molar refractivity (Wildman–Crippen MR) is 45.7 cm³/mol. The largest absolute Gasteiger partial charge is 0.437 e. The summed E-state index contributed by atoms with van der Waals surface area (Å²) in [6.07, 6.45) is -4.26. The minimum Gasteiger partial charge on any atom is -0.383 e. The first-order valence-electron chi connectivity index (χ1n) is 3.74. The van der Waals surface area contributed by atoms with Crippen molar-refractivity contribution in [1.82, 2.24) is 10.3 Å². The molecule has 0 aromatic heterocycles. The van der Waals surface area contributed by atoms with E-state index in [1.807, 2.05) is 0 Å². The molecule has 4 N–H and O–H groups in total. The van der Waals surface area contributed by atoms with Gasteiger partial charge in [-0.2, -0.15) is 18.4 Å². The van der Waals surface area contributed by atoms with Crippen LogP contribution < -0.4 is 11.3 Å². The molecule has 0 aromatic rings. The highest BCUT2D eigenvalue weighted by Gasteiger charge is 2.56. The van der Waals surface area contributed by atoms with Crippen molar-refractivity contribution in [3.63, 3.8) is 0 Å². The molecule has 0 saturated heterocycles. The van der Waals surface area contributed by atoms with E-state index in [1.54, 1.807) is 0 Å². The van der Waals surface area contributed by atoms with Gasteiger partial charge in [-0.1, -0.05) is 0 Å². The number of nitrogens with zero attached hydrogens (tertiary/aromatic N) is 2. The zero-order valence-electron chi connectivity index (χ0n) is 8.13. The molecular formula is C7H11F3N4O. The van der Waals surface area contributed by atoms with Crippen LogP contribution in [0.4, 0.5) is 13.2 Å². The summed E-state index contributed by atoms with van der Waals surface area (Å²) in [5, 5.41) is 17.7. The lowest BCUT2D eigenvalue weighted by atomic mass is 10.1. The number of aliphatic hydroxyl groups is 1. The van der Waals surface area contributed by atoms with Crippen LogP contribution in [0.5, 0.6) is 0 Å². The minimum absolute atomic E-state index is 0.827. The minimum atomic E-state index is -5.08. The Kier molecular flexibility index (Phi) is 4.09. The van der Waals surface area contributed by atoms with Crippen LogP contribution in [0.25, 0.3) is 0 Å². The van der Waals surface area contributed by atoms with Crippen LogP contribution in [0.2, 0.25) is 0 Å². The van der Waals surface area contributed by atoms with Crippen molar-refractivity contribution in [3.8, 4) is 6.07 Å². The Morgan fingerprint density at radius 1 is 1.53 bits per heavy atom. The molecule has 0 radical (unpaired) electrons. The highest BCUT2D eigenvalue weighted by atomic mass is 19.4. The van der Waals surface area contributed by atoms with E-state index in [9.17, 15) is 18.3 Å². The van der Waals surface area contributed by atoms with Crippen molar-refractivity contribution in [2.45, 2.75) is 11.9 Å². The van der Waals surface area contributed by atoms with Crippen LogP contribution in [-0.2, 0) is 0 Å². The maximum atomic E-state index is 12.4. The van der Waals surface area contributed by atoms with E-state index in [0.717, 1.165) is 6.20 Å². The summed E-state index contributed by atoms with van der Waals surface area (Å²) in [6.45, 7) is 0. The average molecular weight is 224 g/mol. The molecule has 86 valence electrons. The average Bonchev–Trinajstić information content (AvgIpc) is 2.10. The van der Waals surface area contributed by atoms with Gasteiger partial charge in [0.1, 0.15) is 11.6 Å². The highest BCUT2D eigenvalue weighted by Crippen LogP contribution is 2.33. The van der Waals surface area contributed by atoms with Crippen molar-refractivity contribution in [1.29, 1.82) is 5.26 Å². The zero-order valence-corrected chi connectivity index (χ0v) is 8.13. The van der Waals surface area contributed by atoms with Gasteiger partial charge in [0.25, 0.3) is 5.72 Å². The summed E-state index contributed by atoms with van der Waals surface area (Å²) in [5.74, 6) is 4.61. The van der Waals surface area contributed by atoms with Gasteiger partial charge in [-0.25, -0.2) is 5.43 Å². The zero-order chi connectivity index (χ0) is 12.3. The quantitative estimate of drug-likeness (QED) is 0.264. The molecule has 0 aliphatic carbocycles. The Morgan fingerprint density at radius 2 is 2.00 bits per heavy atom. The first-order chi connectivity index (χ1) is 6.69. The predicted octanol–water partition coefficient (Wildman–Crippen LogP) is -0.330. The Balaban J connectivity index is 5.38. The Bertz CT molecular complexity index is 294. The van der Waals surface area contributed by atoms with Crippen molar-refractivity contribution in [2.75, 3.05) is 14.1 Å². The van der Waals surface area contributed by atoms with Gasteiger partial charge in [0.15, 0.2) is 0 Å². The molecule has 0 aliphatic heterocycles. The number of alkyl halides is 3. The van der Waals surface area contributed by atoms with E-state index >= 15 is 0 Å². The van der Waals surface area contributed by atoms with Crippen LogP contribution in [0.3, 0.4) is 0 Å². The second kappa shape index (κ2) is 4.48. The van der Waals surface area contributed by atoms with Crippen LogP contribution in [0.1, 0.15) is 0 Å². The lowest BCUT2D eigenvalue weighted by Gasteiger charge is -2.29. The molecule has 0 aromatic carbocycles. The van der Waals surface area contributed by atoms with Crippen molar-refractivity contribution >= 4 is 0 Å². The standard InChI is InChI=1S/C7H11F3N4O/c1-14(2)4-5(3-11)6(15,13-12)7(8,9)10/h4,13,15H,12H2,1-2H3/b5-4+/t6-/m0/s1. The molecule has 8 heteroatoms. The van der Waals surface area contributed by atoms with E-state index < -0.39 is 17.5 Å². The fourth-order valence-electron chi connectivity index (χ4n) is 0.774. The van der Waals surface area contributed by atoms with E-state index in [-0.39, 0.29) is 0 Å². The molecule has 0 saturated carbocycles. The topological polar surface area (TPSA) is 85.3 Å². The normalized spacial score (nSPS) is 16.8. The smallest absolute Gasteiger partial charge is 0.383 e. The van der Waals surface area contributed by atoms with Crippen molar-refractivity contribution in [3.05, 3.63) is 11.8 Å². The number of hydrogen-bond donors (Lipinski definition) is 3. The molecule has 1 atom stereocenters. The molecule has 0 bridgehead atoms. The first kappa shape index (κ1) is 13.7. The Morgan fingerprint density at radius 3 is 2.20 bits per heavy atom. The second-order valence-electron chi connectivity index (χ2n) is 2.97.